The Morgan fingerprint density at radius 2 is 2.09 bits per heavy atom. The molecule has 2 aromatic heterocycles. The van der Waals surface area contributed by atoms with Gasteiger partial charge in [-0.25, -0.2) is 4.98 Å². The van der Waals surface area contributed by atoms with Crippen molar-refractivity contribution in [1.29, 1.82) is 0 Å². The average Bonchev–Trinajstić information content (AvgIpc) is 2.55. The SMILES string of the molecule is Clc1cccnc1OCC1CCCN(Cc2ccncc2)C1. The standard InChI is InChI=1S/C17H20ClN3O/c18-16-4-1-7-20-17(16)22-13-15-3-2-10-21(12-15)11-14-5-8-19-9-6-14/h1,4-9,15H,2-3,10-13H2. The van der Waals surface area contributed by atoms with Gasteiger partial charge in [0, 0.05) is 37.6 Å². The molecule has 22 heavy (non-hydrogen) atoms. The van der Waals surface area contributed by atoms with Crippen molar-refractivity contribution >= 4 is 11.6 Å². The van der Waals surface area contributed by atoms with Crippen molar-refractivity contribution < 1.29 is 4.74 Å². The number of ether oxygens (including phenoxy) is 1. The maximum absolute atomic E-state index is 6.07. The van der Waals surface area contributed by atoms with E-state index in [0.717, 1.165) is 19.6 Å². The van der Waals surface area contributed by atoms with E-state index >= 15 is 0 Å². The van der Waals surface area contributed by atoms with E-state index in [2.05, 4.69) is 27.0 Å². The smallest absolute Gasteiger partial charge is 0.232 e. The van der Waals surface area contributed by atoms with Gasteiger partial charge >= 0.3 is 0 Å². The molecule has 0 bridgehead atoms. The van der Waals surface area contributed by atoms with Gasteiger partial charge in [0.05, 0.1) is 6.61 Å². The van der Waals surface area contributed by atoms with Crippen molar-refractivity contribution in [2.45, 2.75) is 19.4 Å². The van der Waals surface area contributed by atoms with E-state index in [1.165, 1.54) is 18.4 Å². The van der Waals surface area contributed by atoms with Crippen molar-refractivity contribution in [2.75, 3.05) is 19.7 Å². The summed E-state index contributed by atoms with van der Waals surface area (Å²) in [6.45, 7) is 3.84. The lowest BCUT2D eigenvalue weighted by Crippen LogP contribution is -2.37. The van der Waals surface area contributed by atoms with Gasteiger partial charge in [0.2, 0.25) is 5.88 Å². The minimum atomic E-state index is 0.522. The Morgan fingerprint density at radius 3 is 2.91 bits per heavy atom. The first-order valence-corrected chi connectivity index (χ1v) is 8.03. The number of hydrogen-bond acceptors (Lipinski definition) is 4. The molecule has 1 atom stereocenters. The molecule has 0 saturated carbocycles. The highest BCUT2D eigenvalue weighted by Gasteiger charge is 2.21. The Morgan fingerprint density at radius 1 is 1.23 bits per heavy atom. The first-order chi connectivity index (χ1) is 10.8. The van der Waals surface area contributed by atoms with Crippen LogP contribution < -0.4 is 4.74 Å². The minimum absolute atomic E-state index is 0.522. The molecule has 116 valence electrons. The molecule has 3 rings (SSSR count). The summed E-state index contributed by atoms with van der Waals surface area (Å²) in [5.41, 5.74) is 1.31. The Balaban J connectivity index is 1.51. The van der Waals surface area contributed by atoms with E-state index in [1.807, 2.05) is 18.5 Å². The lowest BCUT2D eigenvalue weighted by Gasteiger charge is -2.32. The normalized spacial score (nSPS) is 19.0. The Hall–Kier alpha value is -1.65. The van der Waals surface area contributed by atoms with Gasteiger partial charge in [-0.15, -0.1) is 0 Å². The molecule has 2 aromatic rings. The minimum Gasteiger partial charge on any atom is -0.476 e. The zero-order chi connectivity index (χ0) is 15.2. The van der Waals surface area contributed by atoms with Crippen molar-refractivity contribution in [1.82, 2.24) is 14.9 Å². The average molecular weight is 318 g/mol. The number of halogens is 1. The summed E-state index contributed by atoms with van der Waals surface area (Å²) >= 11 is 6.07. The molecule has 0 N–H and O–H groups in total. The second kappa shape index (κ2) is 7.56. The zero-order valence-electron chi connectivity index (χ0n) is 12.5. The number of hydrogen-bond donors (Lipinski definition) is 0. The molecule has 1 aliphatic rings. The van der Waals surface area contributed by atoms with Crippen LogP contribution in [0.3, 0.4) is 0 Å². The molecule has 1 unspecified atom stereocenters. The predicted octanol–water partition coefficient (Wildman–Crippen LogP) is 3.42. The summed E-state index contributed by atoms with van der Waals surface area (Å²) in [6, 6.07) is 7.77. The van der Waals surface area contributed by atoms with Crippen LogP contribution in [0.5, 0.6) is 5.88 Å². The van der Waals surface area contributed by atoms with Gasteiger partial charge < -0.3 is 4.74 Å². The van der Waals surface area contributed by atoms with Gasteiger partial charge in [-0.05, 0) is 49.2 Å². The summed E-state index contributed by atoms with van der Waals surface area (Å²) in [6.07, 6.45) is 7.80. The van der Waals surface area contributed by atoms with E-state index in [9.17, 15) is 0 Å². The molecular formula is C17H20ClN3O. The van der Waals surface area contributed by atoms with E-state index in [0.29, 0.717) is 23.4 Å². The van der Waals surface area contributed by atoms with Gasteiger partial charge in [0.15, 0.2) is 0 Å². The Bertz CT molecular complexity index is 593. The quantitative estimate of drug-likeness (QED) is 0.847. The van der Waals surface area contributed by atoms with Crippen molar-refractivity contribution in [3.63, 3.8) is 0 Å². The fraction of sp³-hybridized carbons (Fsp3) is 0.412. The van der Waals surface area contributed by atoms with Crippen LogP contribution in [-0.4, -0.2) is 34.6 Å². The van der Waals surface area contributed by atoms with Crippen LogP contribution in [0.1, 0.15) is 18.4 Å². The summed E-state index contributed by atoms with van der Waals surface area (Å²) in [5.74, 6) is 1.06. The first kappa shape index (κ1) is 15.3. The lowest BCUT2D eigenvalue weighted by atomic mass is 9.98. The third-order valence-corrected chi connectivity index (χ3v) is 4.23. The highest BCUT2D eigenvalue weighted by atomic mass is 35.5. The van der Waals surface area contributed by atoms with E-state index in [-0.39, 0.29) is 0 Å². The van der Waals surface area contributed by atoms with Crippen LogP contribution in [0.4, 0.5) is 0 Å². The molecule has 1 saturated heterocycles. The molecule has 1 aliphatic heterocycles. The van der Waals surface area contributed by atoms with E-state index < -0.39 is 0 Å². The number of nitrogens with zero attached hydrogens (tertiary/aromatic N) is 3. The number of rotatable bonds is 5. The van der Waals surface area contributed by atoms with Gasteiger partial charge in [-0.3, -0.25) is 9.88 Å². The van der Waals surface area contributed by atoms with Gasteiger partial charge in [0.1, 0.15) is 5.02 Å². The predicted molar refractivity (Wildman–Crippen MR) is 87.0 cm³/mol. The molecule has 4 nitrogen and oxygen atoms in total. The van der Waals surface area contributed by atoms with Crippen molar-refractivity contribution in [3.05, 3.63) is 53.4 Å². The Labute approximate surface area is 136 Å². The van der Waals surface area contributed by atoms with Crippen molar-refractivity contribution in [3.8, 4) is 5.88 Å². The fourth-order valence-corrected chi connectivity index (χ4v) is 3.03. The number of aromatic nitrogens is 2. The van der Waals surface area contributed by atoms with Gasteiger partial charge in [-0.1, -0.05) is 11.6 Å². The number of piperidine rings is 1. The van der Waals surface area contributed by atoms with E-state index in [1.54, 1.807) is 12.3 Å². The second-order valence-electron chi connectivity index (χ2n) is 5.70. The molecule has 0 spiro atoms. The summed E-state index contributed by atoms with van der Waals surface area (Å²) in [5, 5.41) is 0.576. The highest BCUT2D eigenvalue weighted by Crippen LogP contribution is 2.23. The van der Waals surface area contributed by atoms with Gasteiger partial charge in [0.25, 0.3) is 0 Å². The first-order valence-electron chi connectivity index (χ1n) is 7.66. The number of likely N-dealkylation sites (tertiary alicyclic amines) is 1. The van der Waals surface area contributed by atoms with Crippen LogP contribution in [0.25, 0.3) is 0 Å². The number of pyridine rings is 2. The van der Waals surface area contributed by atoms with Crippen LogP contribution in [0.2, 0.25) is 5.02 Å². The third-order valence-electron chi connectivity index (χ3n) is 3.94. The second-order valence-corrected chi connectivity index (χ2v) is 6.11. The molecule has 0 radical (unpaired) electrons. The maximum Gasteiger partial charge on any atom is 0.232 e. The Kier molecular flexibility index (Phi) is 5.24. The van der Waals surface area contributed by atoms with Crippen LogP contribution >= 0.6 is 11.6 Å². The van der Waals surface area contributed by atoms with Crippen LogP contribution in [0.15, 0.2) is 42.9 Å². The summed E-state index contributed by atoms with van der Waals surface area (Å²) in [7, 11) is 0. The van der Waals surface area contributed by atoms with Crippen molar-refractivity contribution in [2.24, 2.45) is 5.92 Å². The van der Waals surface area contributed by atoms with Crippen LogP contribution in [-0.2, 0) is 6.54 Å². The molecule has 0 aliphatic carbocycles. The van der Waals surface area contributed by atoms with Crippen LogP contribution in [0, 0.1) is 5.92 Å². The van der Waals surface area contributed by atoms with E-state index in [4.69, 9.17) is 16.3 Å². The maximum atomic E-state index is 6.07. The monoisotopic (exact) mass is 317 g/mol. The molecule has 0 amide bonds. The highest BCUT2D eigenvalue weighted by molar-refractivity contribution is 6.31. The molecule has 0 aromatic carbocycles. The largest absolute Gasteiger partial charge is 0.476 e. The topological polar surface area (TPSA) is 38.2 Å². The molecular weight excluding hydrogens is 298 g/mol. The zero-order valence-corrected chi connectivity index (χ0v) is 13.2. The lowest BCUT2D eigenvalue weighted by molar-refractivity contribution is 0.123. The summed E-state index contributed by atoms with van der Waals surface area (Å²) in [4.78, 5) is 10.7. The molecule has 3 heterocycles. The van der Waals surface area contributed by atoms with Gasteiger partial charge in [-0.2, -0.15) is 0 Å². The molecule has 5 heteroatoms. The summed E-state index contributed by atoms with van der Waals surface area (Å²) < 4.78 is 5.80. The third kappa shape index (κ3) is 4.18. The fourth-order valence-electron chi connectivity index (χ4n) is 2.85. The molecule has 1 fully saturated rings.